The number of benzene rings is 1. The number of halogens is 2. The van der Waals surface area contributed by atoms with Gasteiger partial charge in [-0.1, -0.05) is 22.0 Å². The first kappa shape index (κ1) is 12.5. The predicted octanol–water partition coefficient (Wildman–Crippen LogP) is 1.97. The molecular weight excluding hydrogens is 281 g/mol. The van der Waals surface area contributed by atoms with Gasteiger partial charge in [0.1, 0.15) is 6.04 Å². The predicted molar refractivity (Wildman–Crippen MR) is 63.4 cm³/mol. The van der Waals surface area contributed by atoms with Crippen LogP contribution in [-0.2, 0) is 17.8 Å². The van der Waals surface area contributed by atoms with Gasteiger partial charge in [0.25, 0.3) is 0 Å². The van der Waals surface area contributed by atoms with Crippen molar-refractivity contribution >= 4 is 34.3 Å². The van der Waals surface area contributed by atoms with Crippen molar-refractivity contribution in [1.29, 1.82) is 0 Å². The average Bonchev–Trinajstić information content (AvgIpc) is 2.16. The van der Waals surface area contributed by atoms with Crippen molar-refractivity contribution in [2.75, 3.05) is 0 Å². The largest absolute Gasteiger partial charge is 0.480 e. The molecule has 3 nitrogen and oxygen atoms in total. The summed E-state index contributed by atoms with van der Waals surface area (Å²) < 4.78 is 1.00. The van der Waals surface area contributed by atoms with Crippen LogP contribution in [0.25, 0.3) is 0 Å². The molecule has 1 atom stereocenters. The van der Waals surface area contributed by atoms with Crippen LogP contribution in [0.5, 0.6) is 0 Å². The molecule has 1 aliphatic rings. The normalized spacial score (nSPS) is 18.9. The summed E-state index contributed by atoms with van der Waals surface area (Å²) in [6.45, 7) is 0.638. The summed E-state index contributed by atoms with van der Waals surface area (Å²) in [7, 11) is 0. The van der Waals surface area contributed by atoms with E-state index in [1.54, 1.807) is 0 Å². The Hall–Kier alpha value is -0.580. The van der Waals surface area contributed by atoms with Gasteiger partial charge in [0, 0.05) is 11.0 Å². The quantitative estimate of drug-likeness (QED) is 0.832. The van der Waals surface area contributed by atoms with Crippen molar-refractivity contribution < 1.29 is 9.90 Å². The van der Waals surface area contributed by atoms with Gasteiger partial charge in [-0.2, -0.15) is 0 Å². The molecule has 82 valence electrons. The molecule has 1 aromatic carbocycles. The zero-order valence-electron chi connectivity index (χ0n) is 7.87. The Morgan fingerprint density at radius 2 is 2.20 bits per heavy atom. The molecule has 1 aromatic rings. The highest BCUT2D eigenvalue weighted by Gasteiger charge is 2.23. The molecule has 2 N–H and O–H groups in total. The summed E-state index contributed by atoms with van der Waals surface area (Å²) in [5, 5.41) is 11.8. The van der Waals surface area contributed by atoms with Crippen LogP contribution in [0.4, 0.5) is 0 Å². The minimum Gasteiger partial charge on any atom is -0.480 e. The van der Waals surface area contributed by atoms with Crippen LogP contribution in [0.1, 0.15) is 11.1 Å². The van der Waals surface area contributed by atoms with E-state index in [1.807, 2.05) is 18.2 Å². The van der Waals surface area contributed by atoms with Gasteiger partial charge < -0.3 is 10.4 Å². The summed E-state index contributed by atoms with van der Waals surface area (Å²) >= 11 is 3.38. The zero-order chi connectivity index (χ0) is 10.1. The fourth-order valence-electron chi connectivity index (χ4n) is 1.66. The summed E-state index contributed by atoms with van der Waals surface area (Å²) in [5.74, 6) is -0.782. The molecule has 0 saturated heterocycles. The lowest BCUT2D eigenvalue weighted by molar-refractivity contribution is -0.139. The minimum atomic E-state index is -0.782. The van der Waals surface area contributed by atoms with Gasteiger partial charge in [-0.15, -0.1) is 12.4 Å². The molecule has 15 heavy (non-hydrogen) atoms. The third-order valence-electron chi connectivity index (χ3n) is 2.43. The van der Waals surface area contributed by atoms with Gasteiger partial charge in [-0.25, -0.2) is 0 Å². The highest BCUT2D eigenvalue weighted by Crippen LogP contribution is 2.21. The van der Waals surface area contributed by atoms with Gasteiger partial charge in [0.15, 0.2) is 0 Å². The molecule has 0 aliphatic carbocycles. The lowest BCUT2D eigenvalue weighted by Crippen LogP contribution is -2.41. The van der Waals surface area contributed by atoms with Crippen molar-refractivity contribution in [2.24, 2.45) is 0 Å². The van der Waals surface area contributed by atoms with Gasteiger partial charge >= 0.3 is 5.97 Å². The number of hydrogen-bond donors (Lipinski definition) is 2. The molecule has 0 amide bonds. The topological polar surface area (TPSA) is 49.3 Å². The lowest BCUT2D eigenvalue weighted by Gasteiger charge is -2.23. The second-order valence-electron chi connectivity index (χ2n) is 3.39. The standard InChI is InChI=1S/C10H10BrNO2.ClH/c11-8-2-1-6-5-12-9(10(13)14)4-7(6)3-8;/h1-3,9,12H,4-5H2,(H,13,14);1H/t9-;/m1./s1. The first-order valence-corrected chi connectivity index (χ1v) is 5.19. The summed E-state index contributed by atoms with van der Waals surface area (Å²) in [6, 6.07) is 5.54. The van der Waals surface area contributed by atoms with Crippen LogP contribution < -0.4 is 5.32 Å². The van der Waals surface area contributed by atoms with E-state index in [1.165, 1.54) is 5.56 Å². The van der Waals surface area contributed by atoms with Crippen LogP contribution in [0.3, 0.4) is 0 Å². The highest BCUT2D eigenvalue weighted by molar-refractivity contribution is 9.10. The first-order valence-electron chi connectivity index (χ1n) is 4.40. The van der Waals surface area contributed by atoms with E-state index in [-0.39, 0.29) is 12.4 Å². The van der Waals surface area contributed by atoms with E-state index >= 15 is 0 Å². The van der Waals surface area contributed by atoms with E-state index in [0.717, 1.165) is 10.0 Å². The first-order chi connectivity index (χ1) is 6.66. The Labute approximate surface area is 102 Å². The van der Waals surface area contributed by atoms with Crippen molar-refractivity contribution in [2.45, 2.75) is 19.0 Å². The van der Waals surface area contributed by atoms with Crippen LogP contribution in [-0.4, -0.2) is 17.1 Å². The van der Waals surface area contributed by atoms with Gasteiger partial charge in [-0.3, -0.25) is 4.79 Å². The number of carboxylic acids is 1. The Balaban J connectivity index is 0.00000112. The third-order valence-corrected chi connectivity index (χ3v) is 2.92. The van der Waals surface area contributed by atoms with Crippen molar-refractivity contribution in [3.63, 3.8) is 0 Å². The molecule has 2 rings (SSSR count). The number of nitrogens with one attached hydrogen (secondary N) is 1. The fourth-order valence-corrected chi connectivity index (χ4v) is 2.07. The average molecular weight is 293 g/mol. The van der Waals surface area contributed by atoms with E-state index in [9.17, 15) is 4.79 Å². The van der Waals surface area contributed by atoms with Gasteiger partial charge in [0.05, 0.1) is 0 Å². The molecule has 0 fully saturated rings. The smallest absolute Gasteiger partial charge is 0.321 e. The maximum Gasteiger partial charge on any atom is 0.321 e. The Kier molecular flexibility index (Phi) is 4.13. The maximum atomic E-state index is 10.8. The molecular formula is C10H11BrClNO2. The van der Waals surface area contributed by atoms with Crippen molar-refractivity contribution in [1.82, 2.24) is 5.32 Å². The minimum absolute atomic E-state index is 0. The fraction of sp³-hybridized carbons (Fsp3) is 0.300. The van der Waals surface area contributed by atoms with E-state index in [2.05, 4.69) is 21.2 Å². The molecule has 1 heterocycles. The molecule has 1 aliphatic heterocycles. The van der Waals surface area contributed by atoms with Crippen molar-refractivity contribution in [3.05, 3.63) is 33.8 Å². The Morgan fingerprint density at radius 1 is 1.47 bits per heavy atom. The van der Waals surface area contributed by atoms with Gasteiger partial charge in [-0.05, 0) is 29.7 Å². The number of fused-ring (bicyclic) bond motifs is 1. The summed E-state index contributed by atoms with van der Waals surface area (Å²) in [5.41, 5.74) is 2.30. The zero-order valence-corrected chi connectivity index (χ0v) is 10.3. The van der Waals surface area contributed by atoms with E-state index in [0.29, 0.717) is 13.0 Å². The monoisotopic (exact) mass is 291 g/mol. The third kappa shape index (κ3) is 2.71. The van der Waals surface area contributed by atoms with Crippen LogP contribution in [0, 0.1) is 0 Å². The second kappa shape index (κ2) is 4.96. The van der Waals surface area contributed by atoms with Gasteiger partial charge in [0.2, 0.25) is 0 Å². The molecule has 0 aromatic heterocycles. The molecule has 0 bridgehead atoms. The Morgan fingerprint density at radius 3 is 2.87 bits per heavy atom. The number of rotatable bonds is 1. The molecule has 5 heteroatoms. The number of aliphatic carboxylic acids is 1. The molecule has 0 saturated carbocycles. The number of carboxylic acid groups (broad SMARTS) is 1. The SMILES string of the molecule is Cl.O=C(O)[C@H]1Cc2cc(Br)ccc2CN1. The van der Waals surface area contributed by atoms with Crippen LogP contribution in [0.15, 0.2) is 22.7 Å². The highest BCUT2D eigenvalue weighted by atomic mass is 79.9. The summed E-state index contributed by atoms with van der Waals surface area (Å²) in [6.07, 6.45) is 0.560. The lowest BCUT2D eigenvalue weighted by atomic mass is 9.96. The van der Waals surface area contributed by atoms with Crippen LogP contribution in [0.2, 0.25) is 0 Å². The second-order valence-corrected chi connectivity index (χ2v) is 4.30. The summed E-state index contributed by atoms with van der Waals surface area (Å²) in [4.78, 5) is 10.8. The number of hydrogen-bond acceptors (Lipinski definition) is 2. The number of carbonyl (C=O) groups is 1. The maximum absolute atomic E-state index is 10.8. The molecule has 0 radical (unpaired) electrons. The molecule has 0 spiro atoms. The van der Waals surface area contributed by atoms with Crippen LogP contribution >= 0.6 is 28.3 Å². The van der Waals surface area contributed by atoms with E-state index in [4.69, 9.17) is 5.11 Å². The van der Waals surface area contributed by atoms with Crippen molar-refractivity contribution in [3.8, 4) is 0 Å². The Bertz CT molecular complexity index is 384. The molecule has 0 unspecified atom stereocenters. The van der Waals surface area contributed by atoms with E-state index < -0.39 is 12.0 Å².